The maximum Gasteiger partial charge on any atom is 0.224 e. The molecule has 2 aliphatic rings. The van der Waals surface area contributed by atoms with Crippen LogP contribution >= 0.6 is 24.8 Å². The molecular formula is C18H29Cl2N3O. The summed E-state index contributed by atoms with van der Waals surface area (Å²) in [6.07, 6.45) is 6.69. The summed E-state index contributed by atoms with van der Waals surface area (Å²) in [5, 5.41) is 6.51. The Labute approximate surface area is 157 Å². The largest absolute Gasteiger partial charge is 0.370 e. The van der Waals surface area contributed by atoms with Crippen LogP contribution in [-0.4, -0.2) is 32.1 Å². The SMILES string of the molecule is Cl.Cl.O=C(CC1CCNCC1)Nc1ccccc1N1CCCCC1. The van der Waals surface area contributed by atoms with E-state index in [1.165, 1.54) is 24.9 Å². The maximum atomic E-state index is 12.4. The third-order valence-electron chi connectivity index (χ3n) is 4.81. The Balaban J connectivity index is 0.00000144. The van der Waals surface area contributed by atoms with Gasteiger partial charge in [-0.1, -0.05) is 12.1 Å². The van der Waals surface area contributed by atoms with Crippen LogP contribution in [0.15, 0.2) is 24.3 Å². The Hall–Kier alpha value is -0.970. The number of hydrogen-bond acceptors (Lipinski definition) is 3. The second-order valence-corrected chi connectivity index (χ2v) is 6.51. The Morgan fingerprint density at radius 2 is 1.75 bits per heavy atom. The molecule has 2 saturated heterocycles. The van der Waals surface area contributed by atoms with Crippen LogP contribution in [-0.2, 0) is 4.79 Å². The molecule has 136 valence electrons. The number of anilines is 2. The molecule has 2 heterocycles. The van der Waals surface area contributed by atoms with Crippen molar-refractivity contribution >= 4 is 42.1 Å². The van der Waals surface area contributed by atoms with Gasteiger partial charge in [0.15, 0.2) is 0 Å². The van der Waals surface area contributed by atoms with Gasteiger partial charge in [-0.15, -0.1) is 24.8 Å². The first-order chi connectivity index (χ1) is 10.8. The number of amides is 1. The van der Waals surface area contributed by atoms with Crippen molar-refractivity contribution < 1.29 is 4.79 Å². The predicted molar refractivity (Wildman–Crippen MR) is 106 cm³/mol. The van der Waals surface area contributed by atoms with E-state index in [1.54, 1.807) is 0 Å². The first-order valence-electron chi connectivity index (χ1n) is 8.67. The second-order valence-electron chi connectivity index (χ2n) is 6.51. The molecule has 1 amide bonds. The van der Waals surface area contributed by atoms with Crippen molar-refractivity contribution in [2.45, 2.75) is 38.5 Å². The zero-order valence-electron chi connectivity index (χ0n) is 14.1. The number of carbonyl (C=O) groups excluding carboxylic acids is 1. The van der Waals surface area contributed by atoms with Crippen LogP contribution in [0, 0.1) is 5.92 Å². The fraction of sp³-hybridized carbons (Fsp3) is 0.611. The molecule has 0 spiro atoms. The van der Waals surface area contributed by atoms with Gasteiger partial charge in [-0.3, -0.25) is 4.79 Å². The van der Waals surface area contributed by atoms with E-state index < -0.39 is 0 Å². The number of halogens is 2. The lowest BCUT2D eigenvalue weighted by molar-refractivity contribution is -0.117. The summed E-state index contributed by atoms with van der Waals surface area (Å²) < 4.78 is 0. The van der Waals surface area contributed by atoms with Gasteiger partial charge in [-0.2, -0.15) is 0 Å². The van der Waals surface area contributed by atoms with Crippen molar-refractivity contribution in [3.63, 3.8) is 0 Å². The number of benzene rings is 1. The molecule has 6 heteroatoms. The fourth-order valence-corrected chi connectivity index (χ4v) is 3.54. The Kier molecular flexibility index (Phi) is 9.49. The third kappa shape index (κ3) is 5.83. The van der Waals surface area contributed by atoms with E-state index in [1.807, 2.05) is 12.1 Å². The number of para-hydroxylation sites is 2. The summed E-state index contributed by atoms with van der Waals surface area (Å²) in [6, 6.07) is 8.23. The monoisotopic (exact) mass is 373 g/mol. The average Bonchev–Trinajstić information content (AvgIpc) is 2.57. The van der Waals surface area contributed by atoms with Crippen molar-refractivity contribution in [1.82, 2.24) is 5.32 Å². The van der Waals surface area contributed by atoms with Gasteiger partial charge in [-0.25, -0.2) is 0 Å². The highest BCUT2D eigenvalue weighted by molar-refractivity contribution is 5.94. The molecule has 0 saturated carbocycles. The topological polar surface area (TPSA) is 44.4 Å². The van der Waals surface area contributed by atoms with Gasteiger partial charge in [0.25, 0.3) is 0 Å². The number of piperidine rings is 2. The molecule has 0 bridgehead atoms. The first kappa shape index (κ1) is 21.1. The van der Waals surface area contributed by atoms with E-state index in [0.717, 1.165) is 44.7 Å². The molecule has 3 rings (SSSR count). The molecule has 0 radical (unpaired) electrons. The molecule has 2 N–H and O–H groups in total. The van der Waals surface area contributed by atoms with Crippen molar-refractivity contribution in [3.05, 3.63) is 24.3 Å². The molecular weight excluding hydrogens is 345 g/mol. The van der Waals surface area contributed by atoms with Crippen molar-refractivity contribution in [2.24, 2.45) is 5.92 Å². The molecule has 0 aromatic heterocycles. The summed E-state index contributed by atoms with van der Waals surface area (Å²) in [7, 11) is 0. The van der Waals surface area contributed by atoms with Gasteiger partial charge in [0.05, 0.1) is 11.4 Å². The summed E-state index contributed by atoms with van der Waals surface area (Å²) in [5.41, 5.74) is 2.16. The Morgan fingerprint density at radius 1 is 1.08 bits per heavy atom. The quantitative estimate of drug-likeness (QED) is 0.842. The number of nitrogens with one attached hydrogen (secondary N) is 2. The zero-order valence-corrected chi connectivity index (χ0v) is 15.8. The lowest BCUT2D eigenvalue weighted by atomic mass is 9.94. The highest BCUT2D eigenvalue weighted by Crippen LogP contribution is 2.28. The third-order valence-corrected chi connectivity index (χ3v) is 4.81. The van der Waals surface area contributed by atoms with Gasteiger partial charge in [0.2, 0.25) is 5.91 Å². The second kappa shape index (κ2) is 10.8. The summed E-state index contributed by atoms with van der Waals surface area (Å²) >= 11 is 0. The van der Waals surface area contributed by atoms with E-state index in [0.29, 0.717) is 12.3 Å². The number of rotatable bonds is 4. The van der Waals surface area contributed by atoms with Crippen LogP contribution in [0.4, 0.5) is 11.4 Å². The van der Waals surface area contributed by atoms with Crippen molar-refractivity contribution in [2.75, 3.05) is 36.4 Å². The van der Waals surface area contributed by atoms with E-state index >= 15 is 0 Å². The molecule has 2 aliphatic heterocycles. The maximum absolute atomic E-state index is 12.4. The lowest BCUT2D eigenvalue weighted by Crippen LogP contribution is -2.31. The Morgan fingerprint density at radius 3 is 2.46 bits per heavy atom. The number of nitrogens with zero attached hydrogens (tertiary/aromatic N) is 1. The van der Waals surface area contributed by atoms with E-state index in [9.17, 15) is 4.79 Å². The fourth-order valence-electron chi connectivity index (χ4n) is 3.54. The van der Waals surface area contributed by atoms with Crippen LogP contribution in [0.2, 0.25) is 0 Å². The molecule has 0 aliphatic carbocycles. The van der Waals surface area contributed by atoms with Crippen molar-refractivity contribution in [1.29, 1.82) is 0 Å². The van der Waals surface area contributed by atoms with E-state index in [-0.39, 0.29) is 30.7 Å². The number of carbonyl (C=O) groups is 1. The number of hydrogen-bond donors (Lipinski definition) is 2. The summed E-state index contributed by atoms with van der Waals surface area (Å²) in [4.78, 5) is 14.8. The molecule has 24 heavy (non-hydrogen) atoms. The predicted octanol–water partition coefficient (Wildman–Crippen LogP) is 3.85. The smallest absolute Gasteiger partial charge is 0.224 e. The summed E-state index contributed by atoms with van der Waals surface area (Å²) in [6.45, 7) is 4.28. The molecule has 0 atom stereocenters. The minimum atomic E-state index is 0. The Bertz CT molecular complexity index is 501. The van der Waals surface area contributed by atoms with Gasteiger partial charge in [0.1, 0.15) is 0 Å². The highest BCUT2D eigenvalue weighted by Gasteiger charge is 2.19. The molecule has 2 fully saturated rings. The molecule has 1 aromatic rings. The normalized spacial score (nSPS) is 18.2. The minimum Gasteiger partial charge on any atom is -0.370 e. The highest BCUT2D eigenvalue weighted by atomic mass is 35.5. The van der Waals surface area contributed by atoms with Crippen LogP contribution < -0.4 is 15.5 Å². The van der Waals surface area contributed by atoms with Crippen LogP contribution in [0.3, 0.4) is 0 Å². The van der Waals surface area contributed by atoms with Gasteiger partial charge in [-0.05, 0) is 63.2 Å². The average molecular weight is 374 g/mol. The van der Waals surface area contributed by atoms with Gasteiger partial charge < -0.3 is 15.5 Å². The van der Waals surface area contributed by atoms with E-state index in [4.69, 9.17) is 0 Å². The van der Waals surface area contributed by atoms with Gasteiger partial charge >= 0.3 is 0 Å². The molecule has 1 aromatic carbocycles. The lowest BCUT2D eigenvalue weighted by Gasteiger charge is -2.30. The molecule has 0 unspecified atom stereocenters. The summed E-state index contributed by atoms with van der Waals surface area (Å²) in [5.74, 6) is 0.694. The van der Waals surface area contributed by atoms with Crippen LogP contribution in [0.5, 0.6) is 0 Å². The molecule has 4 nitrogen and oxygen atoms in total. The zero-order chi connectivity index (χ0) is 15.2. The van der Waals surface area contributed by atoms with Gasteiger partial charge in [0, 0.05) is 19.5 Å². The van der Waals surface area contributed by atoms with Crippen molar-refractivity contribution in [3.8, 4) is 0 Å². The van der Waals surface area contributed by atoms with Crippen LogP contribution in [0.25, 0.3) is 0 Å². The standard InChI is InChI=1S/C18H27N3O.2ClH/c22-18(14-15-8-10-19-11-9-15)20-16-6-2-3-7-17(16)21-12-4-1-5-13-21;;/h2-3,6-7,15,19H,1,4-5,8-14H2,(H,20,22);2*1H. The van der Waals surface area contributed by atoms with E-state index in [2.05, 4.69) is 27.7 Å². The first-order valence-corrected chi connectivity index (χ1v) is 8.67. The minimum absolute atomic E-state index is 0. The van der Waals surface area contributed by atoms with Crippen LogP contribution in [0.1, 0.15) is 38.5 Å².